The minimum atomic E-state index is -0.0939. The Kier molecular flexibility index (Phi) is 3.97. The van der Waals surface area contributed by atoms with Gasteiger partial charge in [-0.15, -0.1) is 0 Å². The molecule has 0 aliphatic carbocycles. The van der Waals surface area contributed by atoms with E-state index in [2.05, 4.69) is 4.98 Å². The van der Waals surface area contributed by atoms with E-state index in [1.165, 1.54) is 0 Å². The van der Waals surface area contributed by atoms with Crippen molar-refractivity contribution in [3.63, 3.8) is 0 Å². The summed E-state index contributed by atoms with van der Waals surface area (Å²) in [7, 11) is 0. The van der Waals surface area contributed by atoms with Crippen LogP contribution in [-0.4, -0.2) is 17.4 Å². The van der Waals surface area contributed by atoms with E-state index in [9.17, 15) is 0 Å². The molecule has 0 saturated heterocycles. The molecule has 3 N–H and O–H groups in total. The molecule has 0 aliphatic heterocycles. The predicted octanol–water partition coefficient (Wildman–Crippen LogP) is 2.56. The first-order valence-corrected chi connectivity index (χ1v) is 5.92. The Morgan fingerprint density at radius 2 is 1.89 bits per heavy atom. The van der Waals surface area contributed by atoms with Gasteiger partial charge < -0.3 is 15.2 Å². The van der Waals surface area contributed by atoms with Crippen molar-refractivity contribution in [1.82, 2.24) is 4.98 Å². The summed E-state index contributed by atoms with van der Waals surface area (Å²) in [5.74, 6) is 1.51. The van der Waals surface area contributed by atoms with Gasteiger partial charge in [-0.2, -0.15) is 0 Å². The van der Waals surface area contributed by atoms with Crippen LogP contribution in [0.1, 0.15) is 12.6 Å². The van der Waals surface area contributed by atoms with Gasteiger partial charge in [-0.1, -0.05) is 18.2 Å². The predicted molar refractivity (Wildman–Crippen MR) is 72.9 cm³/mol. The number of para-hydroxylation sites is 2. The van der Waals surface area contributed by atoms with Gasteiger partial charge in [0.2, 0.25) is 5.88 Å². The SMILES string of the molecule is CCOc1ccccc1Oc1cccc(C(=N)N)n1. The van der Waals surface area contributed by atoms with Crippen molar-refractivity contribution in [2.45, 2.75) is 6.92 Å². The molecule has 0 fully saturated rings. The molecule has 5 nitrogen and oxygen atoms in total. The normalized spacial score (nSPS) is 9.95. The summed E-state index contributed by atoms with van der Waals surface area (Å²) in [6.07, 6.45) is 0. The Morgan fingerprint density at radius 1 is 1.16 bits per heavy atom. The molecule has 0 amide bonds. The largest absolute Gasteiger partial charge is 0.490 e. The third kappa shape index (κ3) is 3.22. The van der Waals surface area contributed by atoms with E-state index >= 15 is 0 Å². The number of aromatic nitrogens is 1. The van der Waals surface area contributed by atoms with E-state index in [0.29, 0.717) is 29.7 Å². The lowest BCUT2D eigenvalue weighted by Crippen LogP contribution is -2.13. The first-order valence-electron chi connectivity index (χ1n) is 5.92. The number of pyridine rings is 1. The Balaban J connectivity index is 2.26. The van der Waals surface area contributed by atoms with Crippen LogP contribution < -0.4 is 15.2 Å². The maximum atomic E-state index is 7.36. The maximum Gasteiger partial charge on any atom is 0.220 e. The van der Waals surface area contributed by atoms with Crippen LogP contribution in [0.4, 0.5) is 0 Å². The van der Waals surface area contributed by atoms with Gasteiger partial charge in [-0.25, -0.2) is 4.98 Å². The van der Waals surface area contributed by atoms with Crippen molar-refractivity contribution in [2.75, 3.05) is 6.61 Å². The van der Waals surface area contributed by atoms with Crippen LogP contribution in [0.25, 0.3) is 0 Å². The van der Waals surface area contributed by atoms with E-state index in [-0.39, 0.29) is 5.84 Å². The van der Waals surface area contributed by atoms with Crippen LogP contribution in [0.3, 0.4) is 0 Å². The smallest absolute Gasteiger partial charge is 0.220 e. The van der Waals surface area contributed by atoms with Crippen LogP contribution in [-0.2, 0) is 0 Å². The number of nitrogen functional groups attached to an aromatic ring is 1. The first-order chi connectivity index (χ1) is 9.20. The highest BCUT2D eigenvalue weighted by Gasteiger charge is 2.07. The highest BCUT2D eigenvalue weighted by molar-refractivity contribution is 5.93. The van der Waals surface area contributed by atoms with Gasteiger partial charge in [0.15, 0.2) is 11.5 Å². The molecule has 1 aromatic carbocycles. The van der Waals surface area contributed by atoms with Gasteiger partial charge in [-0.3, -0.25) is 5.41 Å². The zero-order chi connectivity index (χ0) is 13.7. The van der Waals surface area contributed by atoms with Crippen LogP contribution in [0.15, 0.2) is 42.5 Å². The van der Waals surface area contributed by atoms with Crippen molar-refractivity contribution < 1.29 is 9.47 Å². The van der Waals surface area contributed by atoms with Crippen molar-refractivity contribution >= 4 is 5.84 Å². The molecule has 5 heteroatoms. The van der Waals surface area contributed by atoms with Crippen molar-refractivity contribution in [3.05, 3.63) is 48.2 Å². The standard InChI is InChI=1S/C14H15N3O2/c1-2-18-11-7-3-4-8-12(11)19-13-9-5-6-10(17-13)14(15)16/h3-9H,2H2,1H3,(H3,15,16). The molecule has 0 saturated carbocycles. The third-order valence-corrected chi connectivity index (χ3v) is 2.36. The number of benzene rings is 1. The van der Waals surface area contributed by atoms with Crippen LogP contribution in [0.5, 0.6) is 17.4 Å². The van der Waals surface area contributed by atoms with Crippen molar-refractivity contribution in [2.24, 2.45) is 5.73 Å². The molecule has 0 aliphatic rings. The molecular weight excluding hydrogens is 242 g/mol. The van der Waals surface area contributed by atoms with Gasteiger partial charge in [0.1, 0.15) is 11.5 Å². The summed E-state index contributed by atoms with van der Waals surface area (Å²) < 4.78 is 11.1. The summed E-state index contributed by atoms with van der Waals surface area (Å²) >= 11 is 0. The lowest BCUT2D eigenvalue weighted by atomic mass is 10.3. The summed E-state index contributed by atoms with van der Waals surface area (Å²) in [4.78, 5) is 4.14. The first kappa shape index (κ1) is 12.9. The number of rotatable bonds is 5. The summed E-state index contributed by atoms with van der Waals surface area (Å²) in [6, 6.07) is 12.5. The highest BCUT2D eigenvalue weighted by Crippen LogP contribution is 2.30. The Morgan fingerprint density at radius 3 is 2.58 bits per heavy atom. The molecule has 2 rings (SSSR count). The molecule has 2 aromatic rings. The number of nitrogens with zero attached hydrogens (tertiary/aromatic N) is 1. The lowest BCUT2D eigenvalue weighted by Gasteiger charge is -2.10. The van der Waals surface area contributed by atoms with Gasteiger partial charge in [0.05, 0.1) is 6.61 Å². The number of amidine groups is 1. The van der Waals surface area contributed by atoms with Crippen molar-refractivity contribution in [3.8, 4) is 17.4 Å². The van der Waals surface area contributed by atoms with Gasteiger partial charge in [0.25, 0.3) is 0 Å². The van der Waals surface area contributed by atoms with E-state index in [1.807, 2.05) is 25.1 Å². The maximum absolute atomic E-state index is 7.36. The monoisotopic (exact) mass is 257 g/mol. The second kappa shape index (κ2) is 5.86. The number of hydrogen-bond donors (Lipinski definition) is 2. The summed E-state index contributed by atoms with van der Waals surface area (Å²) in [5, 5.41) is 7.36. The van der Waals surface area contributed by atoms with Gasteiger partial charge in [0, 0.05) is 6.07 Å². The van der Waals surface area contributed by atoms with E-state index in [4.69, 9.17) is 20.6 Å². The quantitative estimate of drug-likeness (QED) is 0.637. The molecule has 0 unspecified atom stereocenters. The number of nitrogens with two attached hydrogens (primary N) is 1. The Hall–Kier alpha value is -2.56. The molecule has 0 spiro atoms. The number of hydrogen-bond acceptors (Lipinski definition) is 4. The molecule has 0 atom stereocenters. The Bertz CT molecular complexity index is 584. The van der Waals surface area contributed by atoms with E-state index < -0.39 is 0 Å². The van der Waals surface area contributed by atoms with E-state index in [0.717, 1.165) is 0 Å². The zero-order valence-electron chi connectivity index (χ0n) is 10.6. The minimum absolute atomic E-state index is 0.0939. The van der Waals surface area contributed by atoms with Gasteiger partial charge >= 0.3 is 0 Å². The second-order valence-electron chi connectivity index (χ2n) is 3.76. The average molecular weight is 257 g/mol. The fraction of sp³-hybridized carbons (Fsp3) is 0.143. The number of nitrogens with one attached hydrogen (secondary N) is 1. The van der Waals surface area contributed by atoms with Crippen LogP contribution in [0, 0.1) is 5.41 Å². The molecule has 19 heavy (non-hydrogen) atoms. The molecule has 1 heterocycles. The fourth-order valence-corrected chi connectivity index (χ4v) is 1.54. The number of ether oxygens (including phenoxy) is 2. The molecule has 0 bridgehead atoms. The van der Waals surface area contributed by atoms with Crippen LogP contribution >= 0.6 is 0 Å². The van der Waals surface area contributed by atoms with Gasteiger partial charge in [-0.05, 0) is 25.1 Å². The zero-order valence-corrected chi connectivity index (χ0v) is 10.6. The average Bonchev–Trinajstić information content (AvgIpc) is 2.41. The highest BCUT2D eigenvalue weighted by atomic mass is 16.5. The third-order valence-electron chi connectivity index (χ3n) is 2.36. The topological polar surface area (TPSA) is 81.2 Å². The summed E-state index contributed by atoms with van der Waals surface area (Å²) in [6.45, 7) is 2.46. The fourth-order valence-electron chi connectivity index (χ4n) is 1.54. The molecular formula is C14H15N3O2. The minimum Gasteiger partial charge on any atom is -0.490 e. The van der Waals surface area contributed by atoms with Crippen molar-refractivity contribution in [1.29, 1.82) is 5.41 Å². The molecule has 0 radical (unpaired) electrons. The molecule has 1 aromatic heterocycles. The lowest BCUT2D eigenvalue weighted by molar-refractivity contribution is 0.319. The van der Waals surface area contributed by atoms with Crippen LogP contribution in [0.2, 0.25) is 0 Å². The Labute approximate surface area is 111 Å². The molecule has 98 valence electrons. The summed E-state index contributed by atoms with van der Waals surface area (Å²) in [5.41, 5.74) is 5.78. The van der Waals surface area contributed by atoms with E-state index in [1.54, 1.807) is 24.3 Å². The second-order valence-corrected chi connectivity index (χ2v) is 3.76.